The smallest absolute Gasteiger partial charge is 0.315 e. The topological polar surface area (TPSA) is 154 Å². The molecule has 0 aromatic rings. The van der Waals surface area contributed by atoms with E-state index in [1.807, 2.05) is 20.8 Å². The number of carbonyl (C=O) groups is 4. The quantitative estimate of drug-likeness (QED) is 0.204. The van der Waals surface area contributed by atoms with Crippen LogP contribution in [0.2, 0.25) is 0 Å². The summed E-state index contributed by atoms with van der Waals surface area (Å²) in [6.07, 6.45) is 8.86. The largest absolute Gasteiger partial charge is 0.353 e. The molecule has 12 heteroatoms. The normalized spacial score (nSPS) is 22.9. The van der Waals surface area contributed by atoms with Gasteiger partial charge in [0.1, 0.15) is 12.1 Å². The van der Waals surface area contributed by atoms with E-state index >= 15 is 0 Å². The minimum atomic E-state index is -3.53. The van der Waals surface area contributed by atoms with Gasteiger partial charge in [0.2, 0.25) is 17.7 Å². The van der Waals surface area contributed by atoms with Crippen molar-refractivity contribution in [3.63, 3.8) is 0 Å². The minimum absolute atomic E-state index is 0.0626. The fourth-order valence-corrected chi connectivity index (χ4v) is 8.41. The number of amides is 5. The van der Waals surface area contributed by atoms with Crippen LogP contribution in [0.3, 0.4) is 0 Å². The highest BCUT2D eigenvalue weighted by Crippen LogP contribution is 2.34. The number of sulfone groups is 1. The molecular formula is C36H65N5O6S. The van der Waals surface area contributed by atoms with E-state index in [9.17, 15) is 27.6 Å². The second-order valence-corrected chi connectivity index (χ2v) is 20.0. The van der Waals surface area contributed by atoms with Crippen molar-refractivity contribution >= 4 is 33.6 Å². The third-order valence-corrected chi connectivity index (χ3v) is 13.3. The number of nitrogens with zero attached hydrogens (tertiary/aromatic N) is 1. The number of hydrogen-bond acceptors (Lipinski definition) is 6. The third-order valence-electron chi connectivity index (χ3n) is 10.5. The maximum atomic E-state index is 14.5. The van der Waals surface area contributed by atoms with E-state index < -0.39 is 43.7 Å². The van der Waals surface area contributed by atoms with E-state index in [0.717, 1.165) is 44.9 Å². The van der Waals surface area contributed by atoms with Crippen LogP contribution in [0.4, 0.5) is 4.79 Å². The predicted octanol–water partition coefficient (Wildman–Crippen LogP) is 4.83. The standard InChI is InChI=1S/C36H65N5O6S/c1-10-11-15-27(21-29(42)37-26-16-17-26)38-31(43)28-20-25(24(2)3)22-41(28)32(44)30(34(4,5)6)39-33(45)40-36(18-13-12-14-19-36)23-48(46,47)35(7,8)9/h24-28,30H,10-23H2,1-9H3,(H,37,42)(H,38,43)(H2,39,40,45)/t25?,27-,28-,30+/m0/s1. The zero-order valence-corrected chi connectivity index (χ0v) is 32.0. The van der Waals surface area contributed by atoms with Crippen LogP contribution in [0.15, 0.2) is 0 Å². The monoisotopic (exact) mass is 695 g/mol. The number of hydrogen-bond donors (Lipinski definition) is 4. The SMILES string of the molecule is CCCC[C@@H](CC(=O)NC1CC1)NC(=O)[C@@H]1CC(C(C)C)CN1C(=O)[C@@H](NC(=O)NC1(CS(=O)(=O)C(C)(C)C)CCCCC1)C(C)(C)C. The van der Waals surface area contributed by atoms with E-state index in [-0.39, 0.29) is 53.8 Å². The van der Waals surface area contributed by atoms with E-state index in [1.165, 1.54) is 0 Å². The Morgan fingerprint density at radius 1 is 0.938 bits per heavy atom. The fraction of sp³-hybridized carbons (Fsp3) is 0.889. The Bertz CT molecular complexity index is 1240. The summed E-state index contributed by atoms with van der Waals surface area (Å²) in [5.74, 6) is -0.492. The lowest BCUT2D eigenvalue weighted by Gasteiger charge is -2.41. The number of likely N-dealkylation sites (tertiary alicyclic amines) is 1. The van der Waals surface area contributed by atoms with Crippen LogP contribution in [-0.2, 0) is 24.2 Å². The van der Waals surface area contributed by atoms with Crippen LogP contribution in [0.1, 0.15) is 139 Å². The summed E-state index contributed by atoms with van der Waals surface area (Å²) < 4.78 is 25.7. The molecule has 0 spiro atoms. The van der Waals surface area contributed by atoms with Crippen molar-refractivity contribution < 1.29 is 27.6 Å². The van der Waals surface area contributed by atoms with Crippen molar-refractivity contribution in [3.05, 3.63) is 0 Å². The highest BCUT2D eigenvalue weighted by Gasteiger charge is 2.47. The first kappa shape index (κ1) is 40.1. The Hall–Kier alpha value is -2.37. The molecule has 4 N–H and O–H groups in total. The van der Waals surface area contributed by atoms with Crippen LogP contribution in [0.5, 0.6) is 0 Å². The van der Waals surface area contributed by atoms with Gasteiger partial charge in [-0.05, 0) is 76.5 Å². The van der Waals surface area contributed by atoms with E-state index in [1.54, 1.807) is 25.7 Å². The highest BCUT2D eigenvalue weighted by molar-refractivity contribution is 7.92. The first-order chi connectivity index (χ1) is 22.2. The molecule has 5 amide bonds. The Morgan fingerprint density at radius 2 is 1.56 bits per heavy atom. The summed E-state index contributed by atoms with van der Waals surface area (Å²) in [6.45, 7) is 17.3. The number of unbranched alkanes of at least 4 members (excludes halogenated alkanes) is 1. The molecule has 276 valence electrons. The molecule has 0 aromatic carbocycles. The van der Waals surface area contributed by atoms with E-state index in [4.69, 9.17) is 0 Å². The first-order valence-electron chi connectivity index (χ1n) is 18.4. The zero-order chi connectivity index (χ0) is 36.1. The number of carbonyl (C=O) groups excluding carboxylic acids is 4. The Kier molecular flexibility index (Phi) is 13.4. The third kappa shape index (κ3) is 11.1. The molecule has 1 aliphatic heterocycles. The second kappa shape index (κ2) is 16.1. The molecule has 48 heavy (non-hydrogen) atoms. The molecule has 3 aliphatic rings. The van der Waals surface area contributed by atoms with Crippen molar-refractivity contribution in [1.29, 1.82) is 0 Å². The molecular weight excluding hydrogens is 630 g/mol. The fourth-order valence-electron chi connectivity index (χ4n) is 6.89. The van der Waals surface area contributed by atoms with Gasteiger partial charge in [-0.3, -0.25) is 14.4 Å². The van der Waals surface area contributed by atoms with Crippen molar-refractivity contribution in [2.24, 2.45) is 17.3 Å². The molecule has 11 nitrogen and oxygen atoms in total. The Labute approximate surface area is 290 Å². The summed E-state index contributed by atoms with van der Waals surface area (Å²) in [6, 6.07) is -2.35. The van der Waals surface area contributed by atoms with Gasteiger partial charge < -0.3 is 26.2 Å². The maximum Gasteiger partial charge on any atom is 0.315 e. The summed E-state index contributed by atoms with van der Waals surface area (Å²) in [5.41, 5.74) is -1.62. The van der Waals surface area contributed by atoms with Crippen LogP contribution >= 0.6 is 0 Å². The van der Waals surface area contributed by atoms with Crippen LogP contribution < -0.4 is 21.3 Å². The van der Waals surface area contributed by atoms with Gasteiger partial charge in [-0.25, -0.2) is 13.2 Å². The maximum absolute atomic E-state index is 14.5. The van der Waals surface area contributed by atoms with Crippen molar-refractivity contribution in [3.8, 4) is 0 Å². The summed E-state index contributed by atoms with van der Waals surface area (Å²) >= 11 is 0. The number of urea groups is 1. The molecule has 1 unspecified atom stereocenters. The first-order valence-corrected chi connectivity index (χ1v) is 20.0. The molecule has 0 aromatic heterocycles. The van der Waals surface area contributed by atoms with Gasteiger partial charge in [-0.15, -0.1) is 0 Å². The molecule has 2 saturated carbocycles. The van der Waals surface area contributed by atoms with Crippen LogP contribution in [0.25, 0.3) is 0 Å². The van der Waals surface area contributed by atoms with Gasteiger partial charge in [0.05, 0.1) is 16.0 Å². The Morgan fingerprint density at radius 3 is 2.08 bits per heavy atom. The summed E-state index contributed by atoms with van der Waals surface area (Å²) in [5, 5.41) is 12.1. The van der Waals surface area contributed by atoms with Gasteiger partial charge in [0.25, 0.3) is 0 Å². The van der Waals surface area contributed by atoms with Crippen molar-refractivity contribution in [2.75, 3.05) is 12.3 Å². The summed E-state index contributed by atoms with van der Waals surface area (Å²) in [7, 11) is -3.53. The second-order valence-electron chi connectivity index (χ2n) is 17.2. The number of nitrogens with one attached hydrogen (secondary N) is 4. The van der Waals surface area contributed by atoms with Crippen molar-refractivity contribution in [1.82, 2.24) is 26.2 Å². The van der Waals surface area contributed by atoms with Gasteiger partial charge in [0, 0.05) is 25.0 Å². The van der Waals surface area contributed by atoms with Crippen molar-refractivity contribution in [2.45, 2.75) is 174 Å². The van der Waals surface area contributed by atoms with Gasteiger partial charge in [-0.2, -0.15) is 0 Å². The molecule has 1 saturated heterocycles. The predicted molar refractivity (Wildman–Crippen MR) is 190 cm³/mol. The molecule has 4 atom stereocenters. The molecule has 2 aliphatic carbocycles. The van der Waals surface area contributed by atoms with Crippen LogP contribution in [0, 0.1) is 17.3 Å². The van der Waals surface area contributed by atoms with Gasteiger partial charge >= 0.3 is 6.03 Å². The lowest BCUT2D eigenvalue weighted by atomic mass is 9.83. The molecule has 0 radical (unpaired) electrons. The average Bonchev–Trinajstić information content (AvgIpc) is 3.65. The zero-order valence-electron chi connectivity index (χ0n) is 31.2. The summed E-state index contributed by atoms with van der Waals surface area (Å²) in [4.78, 5) is 56.4. The van der Waals surface area contributed by atoms with Gasteiger partial charge in [-0.1, -0.05) is 73.6 Å². The molecule has 1 heterocycles. The molecule has 3 fully saturated rings. The minimum Gasteiger partial charge on any atom is -0.353 e. The van der Waals surface area contributed by atoms with Crippen LogP contribution in [-0.4, -0.2) is 83.8 Å². The highest BCUT2D eigenvalue weighted by atomic mass is 32.2. The van der Waals surface area contributed by atoms with Gasteiger partial charge in [0.15, 0.2) is 9.84 Å². The lowest BCUT2D eigenvalue weighted by Crippen LogP contribution is -2.63. The molecule has 3 rings (SSSR count). The lowest BCUT2D eigenvalue weighted by molar-refractivity contribution is -0.142. The molecule has 0 bridgehead atoms. The van der Waals surface area contributed by atoms with E-state index in [2.05, 4.69) is 42.0 Å². The van der Waals surface area contributed by atoms with E-state index in [0.29, 0.717) is 32.2 Å². The number of rotatable bonds is 14. The average molecular weight is 696 g/mol. The Balaban J connectivity index is 1.81.